The molecular formula is C22H21ClN4O2. The van der Waals surface area contributed by atoms with E-state index in [1.54, 1.807) is 12.3 Å². The molecule has 29 heavy (non-hydrogen) atoms. The van der Waals surface area contributed by atoms with Crippen molar-refractivity contribution in [1.29, 1.82) is 0 Å². The van der Waals surface area contributed by atoms with Crippen molar-refractivity contribution < 1.29 is 9.15 Å². The molecule has 0 amide bonds. The number of halogens is 1. The van der Waals surface area contributed by atoms with Gasteiger partial charge in [0, 0.05) is 12.5 Å². The Hall–Kier alpha value is -2.70. The predicted molar refractivity (Wildman–Crippen MR) is 111 cm³/mol. The van der Waals surface area contributed by atoms with Crippen molar-refractivity contribution in [3.05, 3.63) is 65.3 Å². The lowest BCUT2D eigenvalue weighted by molar-refractivity contribution is -0.0315. The molecule has 148 valence electrons. The third kappa shape index (κ3) is 3.32. The molecule has 0 radical (unpaired) electrons. The topological polar surface area (TPSA) is 66.0 Å². The maximum Gasteiger partial charge on any atom is 0.199 e. The third-order valence-corrected chi connectivity index (χ3v) is 5.66. The van der Waals surface area contributed by atoms with Gasteiger partial charge < -0.3 is 9.15 Å². The van der Waals surface area contributed by atoms with Crippen LogP contribution in [0.3, 0.4) is 0 Å². The van der Waals surface area contributed by atoms with Gasteiger partial charge in [0.2, 0.25) is 0 Å². The van der Waals surface area contributed by atoms with Crippen LogP contribution in [0.2, 0.25) is 5.15 Å². The summed E-state index contributed by atoms with van der Waals surface area (Å²) in [5, 5.41) is 0.317. The molecule has 3 aromatic heterocycles. The molecule has 1 saturated heterocycles. The van der Waals surface area contributed by atoms with E-state index in [9.17, 15) is 0 Å². The minimum absolute atomic E-state index is 0.0547. The summed E-state index contributed by atoms with van der Waals surface area (Å²) >= 11 is 6.54. The minimum atomic E-state index is -0.120. The molecule has 1 aliphatic rings. The Kier molecular flexibility index (Phi) is 4.81. The van der Waals surface area contributed by atoms with E-state index in [0.717, 1.165) is 31.7 Å². The molecule has 2 unspecified atom stereocenters. The molecule has 1 aliphatic heterocycles. The average molecular weight is 409 g/mol. The van der Waals surface area contributed by atoms with Crippen molar-refractivity contribution in [2.75, 3.05) is 6.61 Å². The van der Waals surface area contributed by atoms with Gasteiger partial charge in [0.05, 0.1) is 6.26 Å². The molecule has 1 aromatic carbocycles. The highest BCUT2D eigenvalue weighted by atomic mass is 35.5. The molecule has 1 fully saturated rings. The summed E-state index contributed by atoms with van der Waals surface area (Å²) in [5.74, 6) is 1.96. The molecule has 5 rings (SSSR count). The Balaban J connectivity index is 1.72. The van der Waals surface area contributed by atoms with Crippen molar-refractivity contribution in [3.63, 3.8) is 0 Å². The normalized spacial score (nSPS) is 18.2. The Morgan fingerprint density at radius 1 is 1.07 bits per heavy atom. The first kappa shape index (κ1) is 18.3. The second-order valence-corrected chi connectivity index (χ2v) is 7.64. The van der Waals surface area contributed by atoms with Crippen LogP contribution < -0.4 is 0 Å². The van der Waals surface area contributed by atoms with Crippen molar-refractivity contribution in [1.82, 2.24) is 19.5 Å². The van der Waals surface area contributed by atoms with Crippen LogP contribution in [0.5, 0.6) is 0 Å². The monoisotopic (exact) mass is 408 g/mol. The van der Waals surface area contributed by atoms with Crippen LogP contribution in [-0.2, 0) is 4.74 Å². The number of aromatic nitrogens is 4. The zero-order valence-corrected chi connectivity index (χ0v) is 16.8. The second kappa shape index (κ2) is 7.61. The SMILES string of the molecule is CC(c1ccccc1)c1nc2c(Cl)nc(-c3ccco3)nc2n1C1CCCCO1. The van der Waals surface area contributed by atoms with Gasteiger partial charge in [0.25, 0.3) is 0 Å². The van der Waals surface area contributed by atoms with E-state index in [4.69, 9.17) is 30.7 Å². The van der Waals surface area contributed by atoms with Crippen LogP contribution in [0.4, 0.5) is 0 Å². The predicted octanol–water partition coefficient (Wildman–Crippen LogP) is 5.59. The quantitative estimate of drug-likeness (QED) is 0.412. The first-order valence-corrected chi connectivity index (χ1v) is 10.3. The van der Waals surface area contributed by atoms with Gasteiger partial charge in [0.15, 0.2) is 22.4 Å². The summed E-state index contributed by atoms with van der Waals surface area (Å²) in [5.41, 5.74) is 2.45. The first-order valence-electron chi connectivity index (χ1n) is 9.88. The van der Waals surface area contributed by atoms with Crippen molar-refractivity contribution >= 4 is 22.8 Å². The molecule has 2 atom stereocenters. The summed E-state index contributed by atoms with van der Waals surface area (Å²) in [7, 11) is 0. The number of benzene rings is 1. The number of furan rings is 1. The molecule has 0 aliphatic carbocycles. The average Bonchev–Trinajstić information content (AvgIpc) is 3.43. The Labute approximate surface area is 173 Å². The van der Waals surface area contributed by atoms with Crippen molar-refractivity contribution in [3.8, 4) is 11.6 Å². The number of hydrogen-bond donors (Lipinski definition) is 0. The Morgan fingerprint density at radius 2 is 1.93 bits per heavy atom. The molecule has 7 heteroatoms. The van der Waals surface area contributed by atoms with E-state index in [-0.39, 0.29) is 12.1 Å². The van der Waals surface area contributed by atoms with Gasteiger partial charge in [-0.1, -0.05) is 48.9 Å². The fraction of sp³-hybridized carbons (Fsp3) is 0.318. The van der Waals surface area contributed by atoms with E-state index in [1.165, 1.54) is 5.56 Å². The highest BCUT2D eigenvalue weighted by molar-refractivity contribution is 6.33. The Bertz CT molecular complexity index is 1120. The minimum Gasteiger partial charge on any atom is -0.461 e. The van der Waals surface area contributed by atoms with Gasteiger partial charge in [-0.05, 0) is 37.0 Å². The van der Waals surface area contributed by atoms with Crippen LogP contribution in [0.25, 0.3) is 22.7 Å². The van der Waals surface area contributed by atoms with Crippen molar-refractivity contribution in [2.24, 2.45) is 0 Å². The molecule has 6 nitrogen and oxygen atoms in total. The summed E-state index contributed by atoms with van der Waals surface area (Å²) in [6, 6.07) is 13.9. The zero-order valence-electron chi connectivity index (χ0n) is 16.1. The summed E-state index contributed by atoms with van der Waals surface area (Å²) in [6.07, 6.45) is 4.57. The zero-order chi connectivity index (χ0) is 19.8. The molecule has 4 aromatic rings. The molecule has 0 N–H and O–H groups in total. The van der Waals surface area contributed by atoms with Gasteiger partial charge in [-0.3, -0.25) is 4.57 Å². The number of nitrogens with zero attached hydrogens (tertiary/aromatic N) is 4. The highest BCUT2D eigenvalue weighted by Crippen LogP contribution is 2.35. The highest BCUT2D eigenvalue weighted by Gasteiger charge is 2.28. The lowest BCUT2D eigenvalue weighted by atomic mass is 10.0. The van der Waals surface area contributed by atoms with Gasteiger partial charge in [0.1, 0.15) is 17.6 Å². The van der Waals surface area contributed by atoms with Gasteiger partial charge in [-0.2, -0.15) is 0 Å². The fourth-order valence-electron chi connectivity index (χ4n) is 3.88. The maximum atomic E-state index is 6.54. The molecule has 0 saturated carbocycles. The van der Waals surface area contributed by atoms with E-state index in [1.807, 2.05) is 24.3 Å². The van der Waals surface area contributed by atoms with E-state index < -0.39 is 0 Å². The lowest BCUT2D eigenvalue weighted by Gasteiger charge is -2.27. The second-order valence-electron chi connectivity index (χ2n) is 7.28. The number of imidazole rings is 1. The van der Waals surface area contributed by atoms with Crippen LogP contribution >= 0.6 is 11.6 Å². The number of fused-ring (bicyclic) bond motifs is 1. The molecular weight excluding hydrogens is 388 g/mol. The van der Waals surface area contributed by atoms with Crippen LogP contribution in [0.1, 0.15) is 49.7 Å². The van der Waals surface area contributed by atoms with Crippen LogP contribution in [-0.4, -0.2) is 26.1 Å². The van der Waals surface area contributed by atoms with E-state index in [2.05, 4.69) is 28.6 Å². The molecule has 0 spiro atoms. The third-order valence-electron chi connectivity index (χ3n) is 5.40. The van der Waals surface area contributed by atoms with Gasteiger partial charge >= 0.3 is 0 Å². The number of rotatable bonds is 4. The van der Waals surface area contributed by atoms with Crippen molar-refractivity contribution in [2.45, 2.75) is 38.3 Å². The van der Waals surface area contributed by atoms with Gasteiger partial charge in [-0.25, -0.2) is 15.0 Å². The summed E-state index contributed by atoms with van der Waals surface area (Å²) in [4.78, 5) is 14.1. The first-order chi connectivity index (χ1) is 14.2. The number of hydrogen-bond acceptors (Lipinski definition) is 5. The fourth-order valence-corrected chi connectivity index (χ4v) is 4.09. The largest absolute Gasteiger partial charge is 0.461 e. The van der Waals surface area contributed by atoms with E-state index in [0.29, 0.717) is 27.9 Å². The van der Waals surface area contributed by atoms with E-state index >= 15 is 0 Å². The van der Waals surface area contributed by atoms with Crippen LogP contribution in [0.15, 0.2) is 53.1 Å². The number of ether oxygens (including phenoxy) is 1. The standard InChI is InChI=1S/C22H21ClN4O2/c1-14(15-8-3-2-4-9-15)21-24-18-19(23)25-20(16-10-7-13-28-16)26-22(18)27(21)17-11-5-6-12-29-17/h2-4,7-10,13-14,17H,5-6,11-12H2,1H3. The lowest BCUT2D eigenvalue weighted by Crippen LogP contribution is -2.21. The van der Waals surface area contributed by atoms with Gasteiger partial charge in [-0.15, -0.1) is 0 Å². The maximum absolute atomic E-state index is 6.54. The summed E-state index contributed by atoms with van der Waals surface area (Å²) in [6.45, 7) is 2.87. The molecule has 0 bridgehead atoms. The molecule has 4 heterocycles. The van der Waals surface area contributed by atoms with Crippen LogP contribution in [0, 0.1) is 0 Å². The smallest absolute Gasteiger partial charge is 0.199 e. The summed E-state index contributed by atoms with van der Waals surface area (Å²) < 4.78 is 13.7. The Morgan fingerprint density at radius 3 is 2.66 bits per heavy atom.